The smallest absolute Gasteiger partial charge is 0.339 e. The van der Waals surface area contributed by atoms with Crippen LogP contribution in [-0.4, -0.2) is 55.2 Å². The lowest BCUT2D eigenvalue weighted by Crippen LogP contribution is -2.34. The second kappa shape index (κ2) is 7.97. The molecule has 16 heteroatoms. The second-order valence-corrected chi connectivity index (χ2v) is 10.5. The van der Waals surface area contributed by atoms with Crippen LogP contribution in [0.4, 0.5) is 22.0 Å². The van der Waals surface area contributed by atoms with E-state index in [0.717, 1.165) is 12.8 Å². The molecule has 0 spiro atoms. The number of aromatic nitrogens is 7. The van der Waals surface area contributed by atoms with Crippen LogP contribution < -0.4 is 0 Å². The normalized spacial score (nSPS) is 15.1. The van der Waals surface area contributed by atoms with Gasteiger partial charge in [-0.1, -0.05) is 12.1 Å². The summed E-state index contributed by atoms with van der Waals surface area (Å²) in [6.45, 7) is 1.41. The first kappa shape index (κ1) is 24.1. The Bertz CT molecular complexity index is 1590. The monoisotopic (exact) mass is 529 g/mol. The molecule has 0 amide bonds. The first-order chi connectivity index (χ1) is 16.8. The number of alkyl halides is 5. The van der Waals surface area contributed by atoms with E-state index in [1.54, 1.807) is 0 Å². The van der Waals surface area contributed by atoms with Crippen molar-refractivity contribution in [1.29, 1.82) is 0 Å². The molecule has 1 saturated carbocycles. The molecule has 4 heterocycles. The van der Waals surface area contributed by atoms with Gasteiger partial charge in [-0.15, -0.1) is 10.2 Å². The summed E-state index contributed by atoms with van der Waals surface area (Å²) in [5.74, 6) is -4.94. The van der Waals surface area contributed by atoms with Gasteiger partial charge < -0.3 is 9.09 Å². The van der Waals surface area contributed by atoms with Gasteiger partial charge in [-0.3, -0.25) is 4.98 Å². The zero-order chi connectivity index (χ0) is 26.0. The minimum atomic E-state index is -5.89. The Morgan fingerprint density at radius 2 is 1.83 bits per heavy atom. The fourth-order valence-corrected chi connectivity index (χ4v) is 4.53. The molecule has 1 fully saturated rings. The Kier molecular flexibility index (Phi) is 5.35. The van der Waals surface area contributed by atoms with E-state index < -0.39 is 27.6 Å². The van der Waals surface area contributed by atoms with Crippen LogP contribution in [0.15, 0.2) is 27.7 Å². The number of fused-ring (bicyclic) bond motifs is 1. The van der Waals surface area contributed by atoms with Crippen LogP contribution in [0.3, 0.4) is 0 Å². The van der Waals surface area contributed by atoms with Crippen LogP contribution in [0.25, 0.3) is 34.1 Å². The van der Waals surface area contributed by atoms with E-state index >= 15 is 0 Å². The van der Waals surface area contributed by atoms with E-state index in [0.29, 0.717) is 12.0 Å². The predicted molar refractivity (Wildman–Crippen MR) is 112 cm³/mol. The fourth-order valence-electron chi connectivity index (χ4n) is 3.47. The van der Waals surface area contributed by atoms with E-state index in [2.05, 4.69) is 30.3 Å². The number of halogens is 5. The number of hydrogen-bond acceptors (Lipinski definition) is 9. The lowest BCUT2D eigenvalue weighted by Gasteiger charge is -2.17. The molecule has 0 bridgehead atoms. The summed E-state index contributed by atoms with van der Waals surface area (Å²) >= 11 is 0. The lowest BCUT2D eigenvalue weighted by atomic mass is 10.2. The fraction of sp³-hybridized carbons (Fsp3) is 0.400. The molecule has 5 rings (SSSR count). The molecule has 190 valence electrons. The van der Waals surface area contributed by atoms with Gasteiger partial charge in [0.25, 0.3) is 0 Å². The highest BCUT2D eigenvalue weighted by Gasteiger charge is 2.60. The molecule has 4 aromatic rings. The van der Waals surface area contributed by atoms with Crippen LogP contribution in [0.1, 0.15) is 37.3 Å². The predicted octanol–water partition coefficient (Wildman–Crippen LogP) is 3.80. The number of sulfone groups is 1. The molecule has 0 aromatic carbocycles. The molecule has 0 unspecified atom stereocenters. The summed E-state index contributed by atoms with van der Waals surface area (Å²) in [6, 6.07) is 1.75. The summed E-state index contributed by atoms with van der Waals surface area (Å²) in [7, 11) is -2.54. The summed E-state index contributed by atoms with van der Waals surface area (Å²) in [5.41, 5.74) is -2.03. The summed E-state index contributed by atoms with van der Waals surface area (Å²) in [5, 5.41) is 10.4. The summed E-state index contributed by atoms with van der Waals surface area (Å²) in [4.78, 5) is 12.3. The van der Waals surface area contributed by atoms with Gasteiger partial charge in [-0.05, 0) is 25.0 Å². The Hall–Kier alpha value is -3.56. The Morgan fingerprint density at radius 1 is 1.11 bits per heavy atom. The number of pyridine rings is 1. The third kappa shape index (κ3) is 3.88. The van der Waals surface area contributed by atoms with E-state index in [-0.39, 0.29) is 50.6 Å². The third-order valence-corrected chi connectivity index (χ3v) is 7.44. The molecule has 0 radical (unpaired) electrons. The largest absolute Gasteiger partial charge is 0.459 e. The third-order valence-electron chi connectivity index (χ3n) is 5.70. The van der Waals surface area contributed by atoms with Gasteiger partial charge in [-0.25, -0.2) is 13.4 Å². The first-order valence-electron chi connectivity index (χ1n) is 10.6. The van der Waals surface area contributed by atoms with Crippen molar-refractivity contribution < 1.29 is 34.9 Å². The molecule has 4 aromatic heterocycles. The average Bonchev–Trinajstić information content (AvgIpc) is 3.47. The van der Waals surface area contributed by atoms with Crippen molar-refractivity contribution in [3.63, 3.8) is 0 Å². The highest BCUT2D eigenvalue weighted by atomic mass is 32.2. The number of rotatable bonds is 6. The van der Waals surface area contributed by atoms with Gasteiger partial charge in [-0.2, -0.15) is 26.9 Å². The minimum absolute atomic E-state index is 0.128. The average molecular weight is 529 g/mol. The SMILES string of the molecule is CCS(=O)(=O)c1cc(-c2noc(C3CC3)n2)cnc1-c1nc2cc(C(F)(F)C(F)(F)F)nnc2n1C. The number of hydrogen-bond donors (Lipinski definition) is 0. The quantitative estimate of drug-likeness (QED) is 0.342. The maximum absolute atomic E-state index is 13.8. The molecule has 0 aliphatic heterocycles. The Balaban J connectivity index is 1.65. The van der Waals surface area contributed by atoms with Gasteiger partial charge in [0.05, 0.1) is 10.6 Å². The summed E-state index contributed by atoms with van der Waals surface area (Å²) in [6.07, 6.45) is -2.76. The van der Waals surface area contributed by atoms with Crippen LogP contribution >= 0.6 is 0 Å². The van der Waals surface area contributed by atoms with E-state index in [9.17, 15) is 30.4 Å². The van der Waals surface area contributed by atoms with E-state index in [1.807, 2.05) is 0 Å². The maximum atomic E-state index is 13.8. The highest BCUT2D eigenvalue weighted by Crippen LogP contribution is 2.43. The molecular weight excluding hydrogens is 513 g/mol. The van der Waals surface area contributed by atoms with Crippen molar-refractivity contribution in [2.75, 3.05) is 5.75 Å². The number of imidazole rings is 1. The van der Waals surface area contributed by atoms with Crippen LogP contribution in [0.5, 0.6) is 0 Å². The molecule has 1 aliphatic carbocycles. The number of aryl methyl sites for hydroxylation is 1. The van der Waals surface area contributed by atoms with Crippen molar-refractivity contribution >= 4 is 21.0 Å². The van der Waals surface area contributed by atoms with Crippen molar-refractivity contribution in [3.05, 3.63) is 29.9 Å². The molecule has 0 atom stereocenters. The molecule has 10 nitrogen and oxygen atoms in total. The number of nitrogens with zero attached hydrogens (tertiary/aromatic N) is 7. The standard InChI is InChI=1S/C20H16F5N7O3S/c1-3-36(33,34)12-6-10(15-28-18(35-31-15)9-4-5-9)8-26-14(12)17-27-11-7-13(19(21,22)20(23,24)25)29-30-16(11)32(17)2/h6-9H,3-5H2,1-2H3. The van der Waals surface area contributed by atoms with Crippen molar-refractivity contribution in [3.8, 4) is 22.9 Å². The van der Waals surface area contributed by atoms with E-state index in [1.165, 1.54) is 30.8 Å². The minimum Gasteiger partial charge on any atom is -0.339 e. The van der Waals surface area contributed by atoms with Crippen LogP contribution in [-0.2, 0) is 22.8 Å². The molecule has 36 heavy (non-hydrogen) atoms. The van der Waals surface area contributed by atoms with Gasteiger partial charge in [0.1, 0.15) is 16.9 Å². The van der Waals surface area contributed by atoms with Crippen molar-refractivity contribution in [2.24, 2.45) is 7.05 Å². The molecule has 0 N–H and O–H groups in total. The second-order valence-electron chi connectivity index (χ2n) is 8.21. The van der Waals surface area contributed by atoms with Gasteiger partial charge >= 0.3 is 12.1 Å². The van der Waals surface area contributed by atoms with Crippen LogP contribution in [0, 0.1) is 0 Å². The van der Waals surface area contributed by atoms with Crippen LogP contribution in [0.2, 0.25) is 0 Å². The lowest BCUT2D eigenvalue weighted by molar-refractivity contribution is -0.291. The topological polar surface area (TPSA) is 130 Å². The first-order valence-corrected chi connectivity index (χ1v) is 12.2. The zero-order valence-electron chi connectivity index (χ0n) is 18.6. The van der Waals surface area contributed by atoms with Gasteiger partial charge in [0.2, 0.25) is 11.7 Å². The highest BCUT2D eigenvalue weighted by molar-refractivity contribution is 7.91. The van der Waals surface area contributed by atoms with E-state index in [4.69, 9.17) is 4.52 Å². The van der Waals surface area contributed by atoms with Gasteiger partial charge in [0, 0.05) is 24.7 Å². The zero-order valence-corrected chi connectivity index (χ0v) is 19.4. The van der Waals surface area contributed by atoms with Crippen molar-refractivity contribution in [1.82, 2.24) is 34.9 Å². The molecule has 1 aliphatic rings. The molecular formula is C20H16F5N7O3S. The Labute approximate surface area is 199 Å². The maximum Gasteiger partial charge on any atom is 0.459 e. The molecule has 0 saturated heterocycles. The van der Waals surface area contributed by atoms with Gasteiger partial charge in [0.15, 0.2) is 21.3 Å². The Morgan fingerprint density at radius 3 is 2.47 bits per heavy atom. The van der Waals surface area contributed by atoms with Crippen molar-refractivity contribution in [2.45, 2.75) is 42.7 Å². The summed E-state index contributed by atoms with van der Waals surface area (Å²) < 4.78 is 98.2.